The van der Waals surface area contributed by atoms with E-state index in [-0.39, 0.29) is 41.6 Å². The van der Waals surface area contributed by atoms with Gasteiger partial charge in [-0.15, -0.1) is 0 Å². The first kappa shape index (κ1) is 15.6. The molecule has 3 heterocycles. The molecule has 0 aromatic carbocycles. The lowest BCUT2D eigenvalue weighted by Gasteiger charge is -2.15. The van der Waals surface area contributed by atoms with Crippen LogP contribution in [0.3, 0.4) is 0 Å². The van der Waals surface area contributed by atoms with Gasteiger partial charge in [0.05, 0.1) is 17.1 Å². The maximum absolute atomic E-state index is 12.1. The number of fused-ring (bicyclic) bond motifs is 1. The van der Waals surface area contributed by atoms with Crippen molar-refractivity contribution in [3.63, 3.8) is 0 Å². The monoisotopic (exact) mass is 337 g/mol. The summed E-state index contributed by atoms with van der Waals surface area (Å²) in [6.45, 7) is -0.0562. The smallest absolute Gasteiger partial charge is 0.280 e. The maximum Gasteiger partial charge on any atom is 0.280 e. The fraction of sp³-hybridized carbons (Fsp3) is 0.429. The summed E-state index contributed by atoms with van der Waals surface area (Å²) in [4.78, 5) is 40.9. The molecule has 2 aliphatic rings. The Kier molecular flexibility index (Phi) is 3.88. The molecule has 1 saturated heterocycles. The molecule has 1 fully saturated rings. The maximum atomic E-state index is 12.1. The van der Waals surface area contributed by atoms with E-state index in [0.29, 0.717) is 6.42 Å². The highest BCUT2D eigenvalue weighted by Gasteiger charge is 2.36. The number of nitrogens with one attached hydrogen (secondary N) is 1. The highest BCUT2D eigenvalue weighted by molar-refractivity contribution is 7.91. The predicted octanol–water partition coefficient (Wildman–Crippen LogP) is -0.629. The Balaban J connectivity index is 1.56. The molecule has 23 heavy (non-hydrogen) atoms. The van der Waals surface area contributed by atoms with Crippen molar-refractivity contribution < 1.29 is 22.8 Å². The molecule has 122 valence electrons. The van der Waals surface area contributed by atoms with E-state index in [1.54, 1.807) is 6.07 Å². The van der Waals surface area contributed by atoms with E-state index in [0.717, 1.165) is 4.90 Å². The number of imide groups is 1. The Hall–Kier alpha value is -2.29. The molecular weight excluding hydrogens is 322 g/mol. The van der Waals surface area contributed by atoms with Crippen molar-refractivity contribution in [1.82, 2.24) is 15.2 Å². The second kappa shape index (κ2) is 5.73. The van der Waals surface area contributed by atoms with E-state index >= 15 is 0 Å². The zero-order chi connectivity index (χ0) is 16.6. The number of aromatic nitrogens is 1. The molecule has 0 aliphatic carbocycles. The van der Waals surface area contributed by atoms with Crippen molar-refractivity contribution in [3.05, 3.63) is 29.6 Å². The third-order valence-corrected chi connectivity index (χ3v) is 5.66. The van der Waals surface area contributed by atoms with Gasteiger partial charge in [-0.3, -0.25) is 24.3 Å². The summed E-state index contributed by atoms with van der Waals surface area (Å²) in [5.74, 6) is -1.34. The van der Waals surface area contributed by atoms with E-state index in [9.17, 15) is 22.8 Å². The number of carbonyl (C=O) groups is 3. The van der Waals surface area contributed by atoms with Crippen molar-refractivity contribution >= 4 is 27.6 Å². The van der Waals surface area contributed by atoms with Crippen LogP contribution in [0.1, 0.15) is 33.7 Å². The van der Waals surface area contributed by atoms with Crippen LogP contribution >= 0.6 is 0 Å². The van der Waals surface area contributed by atoms with Crippen molar-refractivity contribution in [2.45, 2.75) is 18.9 Å². The molecule has 0 radical (unpaired) electrons. The van der Waals surface area contributed by atoms with E-state index in [1.807, 2.05) is 0 Å². The highest BCUT2D eigenvalue weighted by Crippen LogP contribution is 2.20. The Bertz CT molecular complexity index is 754. The normalized spacial score (nSPS) is 22.3. The molecule has 0 unspecified atom stereocenters. The zero-order valence-corrected chi connectivity index (χ0v) is 13.0. The molecule has 2 aliphatic heterocycles. The number of hydrogen-bond acceptors (Lipinski definition) is 6. The van der Waals surface area contributed by atoms with Gasteiger partial charge in [0.15, 0.2) is 9.84 Å². The summed E-state index contributed by atoms with van der Waals surface area (Å²) in [6, 6.07) is 2.70. The zero-order valence-electron chi connectivity index (χ0n) is 12.2. The van der Waals surface area contributed by atoms with Gasteiger partial charge in [0.1, 0.15) is 5.69 Å². The van der Waals surface area contributed by atoms with E-state index in [4.69, 9.17) is 0 Å². The van der Waals surface area contributed by atoms with Crippen LogP contribution < -0.4 is 5.32 Å². The first-order valence-corrected chi connectivity index (χ1v) is 9.00. The lowest BCUT2D eigenvalue weighted by molar-refractivity contribution is -0.121. The van der Waals surface area contributed by atoms with Gasteiger partial charge in [-0.05, 0) is 18.6 Å². The number of pyridine rings is 1. The first-order chi connectivity index (χ1) is 10.9. The van der Waals surface area contributed by atoms with Gasteiger partial charge in [-0.25, -0.2) is 8.42 Å². The number of rotatable bonds is 4. The minimum Gasteiger partial charge on any atom is -0.352 e. The minimum absolute atomic E-state index is 0.0562. The fourth-order valence-electron chi connectivity index (χ4n) is 2.74. The van der Waals surface area contributed by atoms with Crippen LogP contribution in [0.5, 0.6) is 0 Å². The summed E-state index contributed by atoms with van der Waals surface area (Å²) in [5.41, 5.74) is 0.333. The molecule has 9 heteroatoms. The van der Waals surface area contributed by atoms with Crippen LogP contribution in [0.25, 0.3) is 0 Å². The topological polar surface area (TPSA) is 114 Å². The summed E-state index contributed by atoms with van der Waals surface area (Å²) in [6.07, 6.45) is 1.76. The van der Waals surface area contributed by atoms with Gasteiger partial charge >= 0.3 is 0 Å². The average molecular weight is 337 g/mol. The van der Waals surface area contributed by atoms with Gasteiger partial charge in [0, 0.05) is 25.2 Å². The molecule has 3 rings (SSSR count). The van der Waals surface area contributed by atoms with E-state index in [2.05, 4.69) is 10.3 Å². The van der Waals surface area contributed by atoms with Crippen LogP contribution in [-0.2, 0) is 14.6 Å². The Labute approximate surface area is 132 Å². The van der Waals surface area contributed by atoms with Gasteiger partial charge in [-0.1, -0.05) is 0 Å². The van der Waals surface area contributed by atoms with Crippen molar-refractivity contribution in [2.24, 2.45) is 0 Å². The lowest BCUT2D eigenvalue weighted by atomic mass is 10.2. The third kappa shape index (κ3) is 3.09. The van der Waals surface area contributed by atoms with Gasteiger partial charge in [0.25, 0.3) is 11.8 Å². The van der Waals surface area contributed by atoms with E-state index < -0.39 is 27.7 Å². The standard InChI is InChI=1S/C14H15N3O5S/c18-11(16-9-4-7-23(21,22)8-9)3-6-17-13(19)10-2-1-5-15-12(10)14(17)20/h1-2,5,9H,3-4,6-8H2,(H,16,18)/t9-/m0/s1. The number of hydrogen-bond donors (Lipinski definition) is 1. The number of amides is 3. The summed E-state index contributed by atoms with van der Waals surface area (Å²) >= 11 is 0. The third-order valence-electron chi connectivity index (χ3n) is 3.89. The SMILES string of the molecule is O=C(CCN1C(=O)c2cccnc2C1=O)N[C@H]1CCS(=O)(=O)C1. The second-order valence-electron chi connectivity index (χ2n) is 5.58. The molecule has 0 saturated carbocycles. The molecule has 0 bridgehead atoms. The Morgan fingerprint density at radius 3 is 2.78 bits per heavy atom. The van der Waals surface area contributed by atoms with Crippen LogP contribution in [0.15, 0.2) is 18.3 Å². The van der Waals surface area contributed by atoms with Crippen LogP contribution in [0, 0.1) is 0 Å². The van der Waals surface area contributed by atoms with Gasteiger partial charge < -0.3 is 5.32 Å². The van der Waals surface area contributed by atoms with Crippen molar-refractivity contribution in [3.8, 4) is 0 Å². The quantitative estimate of drug-likeness (QED) is 0.732. The summed E-state index contributed by atoms with van der Waals surface area (Å²) in [5, 5.41) is 2.63. The van der Waals surface area contributed by atoms with Crippen LogP contribution in [-0.4, -0.2) is 60.1 Å². The Morgan fingerprint density at radius 2 is 2.13 bits per heavy atom. The first-order valence-electron chi connectivity index (χ1n) is 7.18. The summed E-state index contributed by atoms with van der Waals surface area (Å²) < 4.78 is 22.7. The molecule has 1 atom stereocenters. The molecular formula is C14H15N3O5S. The largest absolute Gasteiger partial charge is 0.352 e. The average Bonchev–Trinajstić information content (AvgIpc) is 2.96. The van der Waals surface area contributed by atoms with E-state index in [1.165, 1.54) is 12.3 Å². The lowest BCUT2D eigenvalue weighted by Crippen LogP contribution is -2.39. The molecule has 8 nitrogen and oxygen atoms in total. The number of carbonyl (C=O) groups excluding carboxylic acids is 3. The van der Waals surface area contributed by atoms with Crippen LogP contribution in [0.2, 0.25) is 0 Å². The predicted molar refractivity (Wildman–Crippen MR) is 79.4 cm³/mol. The second-order valence-corrected chi connectivity index (χ2v) is 7.81. The molecule has 1 aromatic rings. The highest BCUT2D eigenvalue weighted by atomic mass is 32.2. The Morgan fingerprint density at radius 1 is 1.35 bits per heavy atom. The van der Waals surface area contributed by atoms with Crippen molar-refractivity contribution in [2.75, 3.05) is 18.1 Å². The van der Waals surface area contributed by atoms with Gasteiger partial charge in [0.2, 0.25) is 5.91 Å². The number of nitrogens with zero attached hydrogens (tertiary/aromatic N) is 2. The molecule has 0 spiro atoms. The molecule has 1 aromatic heterocycles. The molecule has 1 N–H and O–H groups in total. The minimum atomic E-state index is -3.07. The molecule has 3 amide bonds. The van der Waals surface area contributed by atoms with Crippen molar-refractivity contribution in [1.29, 1.82) is 0 Å². The fourth-order valence-corrected chi connectivity index (χ4v) is 4.41. The van der Waals surface area contributed by atoms with Gasteiger partial charge in [-0.2, -0.15) is 0 Å². The summed E-state index contributed by atoms with van der Waals surface area (Å²) in [7, 11) is -3.07. The van der Waals surface area contributed by atoms with Crippen LogP contribution in [0.4, 0.5) is 0 Å². The number of sulfone groups is 1.